The minimum atomic E-state index is -0.718. The summed E-state index contributed by atoms with van der Waals surface area (Å²) in [6.45, 7) is 0.725. The Morgan fingerprint density at radius 3 is 2.65 bits per heavy atom. The van der Waals surface area contributed by atoms with E-state index in [1.54, 1.807) is 42.5 Å². The van der Waals surface area contributed by atoms with Crippen molar-refractivity contribution in [3.05, 3.63) is 53.6 Å². The average Bonchev–Trinajstić information content (AvgIpc) is 3.33. The van der Waals surface area contributed by atoms with E-state index in [0.29, 0.717) is 24.5 Å². The summed E-state index contributed by atoms with van der Waals surface area (Å²) in [7, 11) is 0. The van der Waals surface area contributed by atoms with E-state index in [1.807, 2.05) is 0 Å². The fourth-order valence-corrected chi connectivity index (χ4v) is 3.52. The number of phenolic OH excluding ortho intramolecular Hbond substituents is 1. The highest BCUT2D eigenvalue weighted by Crippen LogP contribution is 2.33. The normalized spacial score (nSPS) is 17.0. The van der Waals surface area contributed by atoms with Crippen LogP contribution in [0.5, 0.6) is 17.2 Å². The summed E-state index contributed by atoms with van der Waals surface area (Å²) in [5.74, 6) is 0.888. The first-order valence-corrected chi connectivity index (χ1v) is 10.0. The van der Waals surface area contributed by atoms with Crippen molar-refractivity contribution in [1.29, 1.82) is 0 Å². The number of hydrogen-bond donors (Lipinski definition) is 3. The van der Waals surface area contributed by atoms with E-state index in [0.717, 1.165) is 16.0 Å². The lowest BCUT2D eigenvalue weighted by atomic mass is 10.1. The van der Waals surface area contributed by atoms with Gasteiger partial charge in [0, 0.05) is 13.0 Å². The minimum Gasteiger partial charge on any atom is -0.508 e. The Bertz CT molecular complexity index is 991. The van der Waals surface area contributed by atoms with E-state index in [2.05, 4.69) is 10.6 Å². The van der Waals surface area contributed by atoms with Gasteiger partial charge in [0.2, 0.25) is 12.7 Å². The van der Waals surface area contributed by atoms with Gasteiger partial charge < -0.3 is 25.2 Å². The summed E-state index contributed by atoms with van der Waals surface area (Å²) in [6, 6.07) is 10.9. The van der Waals surface area contributed by atoms with Crippen LogP contribution < -0.4 is 20.1 Å². The molecule has 0 spiro atoms. The second-order valence-corrected chi connectivity index (χ2v) is 7.42. The number of nitrogens with one attached hydrogen (secondary N) is 2. The van der Waals surface area contributed by atoms with Crippen molar-refractivity contribution < 1.29 is 29.0 Å². The Kier molecular flexibility index (Phi) is 5.92. The molecule has 2 aromatic carbocycles. The lowest BCUT2D eigenvalue weighted by Gasteiger charge is -2.13. The zero-order valence-electron chi connectivity index (χ0n) is 16.8. The topological polar surface area (TPSA) is 117 Å². The number of amides is 4. The van der Waals surface area contributed by atoms with Gasteiger partial charge >= 0.3 is 6.03 Å². The molecule has 1 atom stereocenters. The van der Waals surface area contributed by atoms with E-state index >= 15 is 0 Å². The van der Waals surface area contributed by atoms with Crippen LogP contribution in [0.15, 0.2) is 42.5 Å². The van der Waals surface area contributed by atoms with Crippen molar-refractivity contribution >= 4 is 17.8 Å². The molecule has 1 saturated heterocycles. The molecule has 2 aromatic rings. The van der Waals surface area contributed by atoms with E-state index in [1.165, 1.54) is 0 Å². The molecule has 0 radical (unpaired) electrons. The molecule has 3 N–H and O–H groups in total. The molecular formula is C22H23N3O6. The van der Waals surface area contributed by atoms with Crippen molar-refractivity contribution in [2.75, 3.05) is 13.3 Å². The van der Waals surface area contributed by atoms with E-state index < -0.39 is 12.1 Å². The van der Waals surface area contributed by atoms with Crippen LogP contribution >= 0.6 is 0 Å². The SMILES string of the molecule is O=C(CCC1NC(=O)N(Cc2ccc3c(c2)OCO3)C1=O)NCCc1ccc(O)cc1. The van der Waals surface area contributed by atoms with E-state index in [4.69, 9.17) is 9.47 Å². The molecule has 9 nitrogen and oxygen atoms in total. The molecule has 31 heavy (non-hydrogen) atoms. The summed E-state index contributed by atoms with van der Waals surface area (Å²) in [5.41, 5.74) is 1.75. The molecule has 1 unspecified atom stereocenters. The van der Waals surface area contributed by atoms with Gasteiger partial charge in [-0.3, -0.25) is 14.5 Å². The van der Waals surface area contributed by atoms with Crippen LogP contribution in [0.3, 0.4) is 0 Å². The number of nitrogens with zero attached hydrogens (tertiary/aromatic N) is 1. The van der Waals surface area contributed by atoms with Crippen LogP contribution in [0.4, 0.5) is 4.79 Å². The van der Waals surface area contributed by atoms with E-state index in [9.17, 15) is 19.5 Å². The number of urea groups is 1. The van der Waals surface area contributed by atoms with E-state index in [-0.39, 0.29) is 43.7 Å². The number of phenols is 1. The number of carbonyl (C=O) groups is 3. The second-order valence-electron chi connectivity index (χ2n) is 7.42. The number of carbonyl (C=O) groups excluding carboxylic acids is 3. The predicted octanol–water partition coefficient (Wildman–Crippen LogP) is 1.68. The number of imide groups is 1. The van der Waals surface area contributed by atoms with Gasteiger partial charge in [-0.05, 0) is 48.2 Å². The highest BCUT2D eigenvalue weighted by Gasteiger charge is 2.38. The lowest BCUT2D eigenvalue weighted by molar-refractivity contribution is -0.128. The number of fused-ring (bicyclic) bond motifs is 1. The van der Waals surface area contributed by atoms with Crippen molar-refractivity contribution in [2.45, 2.75) is 31.8 Å². The summed E-state index contributed by atoms with van der Waals surface area (Å²) in [4.78, 5) is 38.1. The van der Waals surface area contributed by atoms with Crippen LogP contribution in [-0.2, 0) is 22.6 Å². The first-order chi connectivity index (χ1) is 15.0. The molecule has 2 heterocycles. The quantitative estimate of drug-likeness (QED) is 0.554. The summed E-state index contributed by atoms with van der Waals surface area (Å²) in [6.07, 6.45) is 0.992. The maximum absolute atomic E-state index is 12.6. The van der Waals surface area contributed by atoms with Crippen LogP contribution in [0.2, 0.25) is 0 Å². The zero-order chi connectivity index (χ0) is 21.8. The number of ether oxygens (including phenoxy) is 2. The number of benzene rings is 2. The molecule has 0 aromatic heterocycles. The van der Waals surface area contributed by atoms with Gasteiger partial charge in [-0.1, -0.05) is 18.2 Å². The van der Waals surface area contributed by atoms with Gasteiger partial charge in [0.1, 0.15) is 11.8 Å². The van der Waals surface area contributed by atoms with Crippen molar-refractivity contribution in [2.24, 2.45) is 0 Å². The first kappa shape index (κ1) is 20.5. The van der Waals surface area contributed by atoms with Gasteiger partial charge in [0.15, 0.2) is 11.5 Å². The number of aromatic hydroxyl groups is 1. The molecule has 162 valence electrons. The average molecular weight is 425 g/mol. The maximum Gasteiger partial charge on any atom is 0.325 e. The van der Waals surface area contributed by atoms with Gasteiger partial charge in [-0.25, -0.2) is 4.79 Å². The van der Waals surface area contributed by atoms with Gasteiger partial charge in [0.25, 0.3) is 5.91 Å². The van der Waals surface area contributed by atoms with Crippen molar-refractivity contribution in [3.63, 3.8) is 0 Å². The molecule has 0 saturated carbocycles. The first-order valence-electron chi connectivity index (χ1n) is 10.0. The monoisotopic (exact) mass is 425 g/mol. The number of hydrogen-bond acceptors (Lipinski definition) is 6. The third kappa shape index (κ3) is 4.88. The smallest absolute Gasteiger partial charge is 0.325 e. The van der Waals surface area contributed by atoms with Crippen molar-refractivity contribution in [1.82, 2.24) is 15.5 Å². The fourth-order valence-electron chi connectivity index (χ4n) is 3.52. The third-order valence-corrected chi connectivity index (χ3v) is 5.22. The molecule has 2 aliphatic rings. The van der Waals surface area contributed by atoms with Gasteiger partial charge in [-0.15, -0.1) is 0 Å². The Labute approximate surface area is 178 Å². The van der Waals surface area contributed by atoms with Gasteiger partial charge in [0.05, 0.1) is 6.54 Å². The van der Waals surface area contributed by atoms with Crippen LogP contribution in [-0.4, -0.2) is 47.2 Å². The molecule has 2 aliphatic heterocycles. The van der Waals surface area contributed by atoms with Gasteiger partial charge in [-0.2, -0.15) is 0 Å². The Morgan fingerprint density at radius 2 is 1.84 bits per heavy atom. The molecule has 4 rings (SSSR count). The Balaban J connectivity index is 1.23. The summed E-state index contributed by atoms with van der Waals surface area (Å²) >= 11 is 0. The molecule has 4 amide bonds. The van der Waals surface area contributed by atoms with Crippen LogP contribution in [0, 0.1) is 0 Å². The lowest BCUT2D eigenvalue weighted by Crippen LogP contribution is -2.33. The third-order valence-electron chi connectivity index (χ3n) is 5.22. The Morgan fingerprint density at radius 1 is 1.10 bits per heavy atom. The van der Waals surface area contributed by atoms with Crippen LogP contribution in [0.1, 0.15) is 24.0 Å². The fraction of sp³-hybridized carbons (Fsp3) is 0.318. The molecule has 0 bridgehead atoms. The Hall–Kier alpha value is -3.75. The summed E-state index contributed by atoms with van der Waals surface area (Å²) in [5, 5.41) is 14.7. The highest BCUT2D eigenvalue weighted by atomic mass is 16.7. The highest BCUT2D eigenvalue weighted by molar-refractivity contribution is 6.04. The predicted molar refractivity (Wildman–Crippen MR) is 109 cm³/mol. The minimum absolute atomic E-state index is 0.122. The largest absolute Gasteiger partial charge is 0.508 e. The molecular weight excluding hydrogens is 402 g/mol. The molecule has 1 fully saturated rings. The second kappa shape index (κ2) is 8.95. The number of rotatable bonds is 8. The summed E-state index contributed by atoms with van der Waals surface area (Å²) < 4.78 is 10.6. The molecule has 0 aliphatic carbocycles. The van der Waals surface area contributed by atoms with Crippen LogP contribution in [0.25, 0.3) is 0 Å². The zero-order valence-corrected chi connectivity index (χ0v) is 16.8. The molecule has 9 heteroatoms. The standard InChI is InChI=1S/C22H23N3O6/c26-16-4-1-14(2-5-16)9-10-23-20(27)8-6-17-21(28)25(22(29)24-17)12-15-3-7-18-19(11-15)31-13-30-18/h1-5,7,11,17,26H,6,8-10,12-13H2,(H,23,27)(H,24,29). The van der Waals surface area contributed by atoms with Crippen molar-refractivity contribution in [3.8, 4) is 17.2 Å². The maximum atomic E-state index is 12.6.